The fourth-order valence-corrected chi connectivity index (χ4v) is 12.7. The van der Waals surface area contributed by atoms with Gasteiger partial charge in [-0.05, 0) is 243 Å². The zero-order chi connectivity index (χ0) is 61.5. The van der Waals surface area contributed by atoms with Gasteiger partial charge in [-0.2, -0.15) is 10.5 Å². The molecule has 0 saturated carbocycles. The number of pyridine rings is 6. The summed E-state index contributed by atoms with van der Waals surface area (Å²) in [5, 5.41) is 27.8. The van der Waals surface area contributed by atoms with Gasteiger partial charge in [0.25, 0.3) is 0 Å². The van der Waals surface area contributed by atoms with E-state index in [1.807, 2.05) is 115 Å². The summed E-state index contributed by atoms with van der Waals surface area (Å²) in [6.07, 6.45) is 5.41. The van der Waals surface area contributed by atoms with Crippen molar-refractivity contribution in [3.63, 3.8) is 0 Å². The maximum Gasteiger partial charge on any atom is 0.0991 e. The summed E-state index contributed by atoms with van der Waals surface area (Å²) in [6, 6.07) is 103. The summed E-state index contributed by atoms with van der Waals surface area (Å²) in [5.41, 5.74) is 21.5. The van der Waals surface area contributed by atoms with Crippen molar-refractivity contribution in [1.82, 2.24) is 29.9 Å². The van der Waals surface area contributed by atoms with Gasteiger partial charge >= 0.3 is 0 Å². The molecule has 0 amide bonds. The van der Waals surface area contributed by atoms with E-state index in [1.54, 1.807) is 12.4 Å². The van der Waals surface area contributed by atoms with Gasteiger partial charge in [-0.15, -0.1) is 0 Å². The molecule has 0 bridgehead atoms. The van der Waals surface area contributed by atoms with E-state index in [1.165, 1.54) is 0 Å². The van der Waals surface area contributed by atoms with E-state index in [-0.39, 0.29) is 0 Å². The normalized spacial score (nSPS) is 11.2. The molecule has 0 aliphatic carbocycles. The Morgan fingerprint density at radius 3 is 1.11 bits per heavy atom. The number of hydrogen-bond donors (Lipinski definition) is 0. The van der Waals surface area contributed by atoms with Crippen LogP contribution in [0, 0.1) is 22.7 Å². The van der Waals surface area contributed by atoms with Gasteiger partial charge in [0.15, 0.2) is 0 Å². The number of nitriles is 2. The van der Waals surface area contributed by atoms with Crippen molar-refractivity contribution in [2.24, 2.45) is 0 Å². The first-order valence-electron chi connectivity index (χ1n) is 30.4. The van der Waals surface area contributed by atoms with Gasteiger partial charge in [-0.3, -0.25) is 15.0 Å². The number of hydrogen-bond acceptors (Lipinski definition) is 8. The van der Waals surface area contributed by atoms with Gasteiger partial charge in [0, 0.05) is 24.2 Å². The van der Waals surface area contributed by atoms with Gasteiger partial charge in [0.05, 0.1) is 74.5 Å². The molecule has 8 heteroatoms. The van der Waals surface area contributed by atoms with Crippen molar-refractivity contribution in [2.45, 2.75) is 0 Å². The van der Waals surface area contributed by atoms with Crippen LogP contribution in [0.1, 0.15) is 11.1 Å². The molecule has 16 rings (SSSR count). The molecule has 0 aliphatic rings. The number of fused-ring (bicyclic) bond motifs is 4. The second-order valence-electron chi connectivity index (χ2n) is 22.9. The highest BCUT2D eigenvalue weighted by atomic mass is 14.8. The van der Waals surface area contributed by atoms with Crippen LogP contribution < -0.4 is 0 Å². The SMILES string of the molecule is N#Cc1ccc(-c2ccc3ccc(-c4cc(-c5cccc(-c6cc(-c7cccc8ccc(-c9ccc%10cccc(-c%11ccc(C#N)cc%11)c%10c9)cc78)cc(-c7ccccn7)n6)n5)c5cccc(-c6cc(-c7ccccn7)nc(-c7ccccn7)c6)c5c4)cc3c2)cc1. The molecule has 92 heavy (non-hydrogen) atoms. The summed E-state index contributed by atoms with van der Waals surface area (Å²) in [6.45, 7) is 0. The Bertz CT molecular complexity index is 5580. The molecule has 8 nitrogen and oxygen atoms in total. The minimum atomic E-state index is 0.626. The van der Waals surface area contributed by atoms with Crippen LogP contribution in [-0.4, -0.2) is 29.9 Å². The highest BCUT2D eigenvalue weighted by molar-refractivity contribution is 6.08. The Hall–Kier alpha value is -12.9. The zero-order valence-corrected chi connectivity index (χ0v) is 49.4. The van der Waals surface area contributed by atoms with Gasteiger partial charge in [-0.25, -0.2) is 15.0 Å². The molecule has 10 aromatic carbocycles. The van der Waals surface area contributed by atoms with Crippen LogP contribution in [0.5, 0.6) is 0 Å². The Morgan fingerprint density at radius 2 is 0.598 bits per heavy atom. The molecule has 0 saturated heterocycles. The van der Waals surface area contributed by atoms with Crippen molar-refractivity contribution >= 4 is 43.1 Å². The largest absolute Gasteiger partial charge is 0.255 e. The predicted octanol–water partition coefficient (Wildman–Crippen LogP) is 20.7. The Kier molecular flexibility index (Phi) is 13.8. The van der Waals surface area contributed by atoms with Gasteiger partial charge in [-0.1, -0.05) is 152 Å². The minimum Gasteiger partial charge on any atom is -0.255 e. The van der Waals surface area contributed by atoms with Crippen molar-refractivity contribution in [3.8, 4) is 136 Å². The quantitative estimate of drug-likeness (QED) is 0.125. The first-order chi connectivity index (χ1) is 45.4. The summed E-state index contributed by atoms with van der Waals surface area (Å²) in [4.78, 5) is 30.5. The lowest BCUT2D eigenvalue weighted by atomic mass is 9.89. The highest BCUT2D eigenvalue weighted by Gasteiger charge is 2.20. The number of rotatable bonds is 11. The Labute approximate surface area is 531 Å². The lowest BCUT2D eigenvalue weighted by Crippen LogP contribution is -1.96. The van der Waals surface area contributed by atoms with E-state index in [0.717, 1.165) is 155 Å². The number of nitrogens with zero attached hydrogens (tertiary/aromatic N) is 8. The maximum atomic E-state index is 9.55. The number of benzene rings is 10. The summed E-state index contributed by atoms with van der Waals surface area (Å²) in [5.74, 6) is 0. The second kappa shape index (κ2) is 23.3. The van der Waals surface area contributed by atoms with Crippen LogP contribution in [0.15, 0.2) is 304 Å². The molecule has 6 heterocycles. The van der Waals surface area contributed by atoms with Gasteiger partial charge in [0.1, 0.15) is 0 Å². The Balaban J connectivity index is 0.856. The summed E-state index contributed by atoms with van der Waals surface area (Å²) >= 11 is 0. The molecule has 0 unspecified atom stereocenters. The lowest BCUT2D eigenvalue weighted by Gasteiger charge is -2.16. The third-order valence-electron chi connectivity index (χ3n) is 17.3. The molecular weight excluding hydrogens is 1120 g/mol. The Morgan fingerprint density at radius 1 is 0.207 bits per heavy atom. The van der Waals surface area contributed by atoms with Gasteiger partial charge in [0.2, 0.25) is 0 Å². The van der Waals surface area contributed by atoms with E-state index >= 15 is 0 Å². The molecule has 6 aromatic heterocycles. The van der Waals surface area contributed by atoms with Crippen molar-refractivity contribution in [3.05, 3.63) is 315 Å². The monoisotopic (exact) mass is 1170 g/mol. The van der Waals surface area contributed by atoms with Gasteiger partial charge < -0.3 is 0 Å². The lowest BCUT2D eigenvalue weighted by molar-refractivity contribution is 1.22. The minimum absolute atomic E-state index is 0.626. The van der Waals surface area contributed by atoms with E-state index in [2.05, 4.69) is 188 Å². The fraction of sp³-hybridized carbons (Fsp3) is 0. The second-order valence-corrected chi connectivity index (χ2v) is 22.9. The predicted molar refractivity (Wildman–Crippen MR) is 372 cm³/mol. The van der Waals surface area contributed by atoms with E-state index in [0.29, 0.717) is 22.5 Å². The molecule has 0 N–H and O–H groups in total. The molecular formula is C84H50N8. The van der Waals surface area contributed by atoms with Crippen LogP contribution in [0.25, 0.3) is 167 Å². The van der Waals surface area contributed by atoms with E-state index in [4.69, 9.17) is 29.9 Å². The van der Waals surface area contributed by atoms with Crippen molar-refractivity contribution < 1.29 is 0 Å². The van der Waals surface area contributed by atoms with Crippen LogP contribution in [0.4, 0.5) is 0 Å². The first-order valence-corrected chi connectivity index (χ1v) is 30.4. The third kappa shape index (κ3) is 10.4. The van der Waals surface area contributed by atoms with E-state index < -0.39 is 0 Å². The average molecular weight is 1170 g/mol. The number of aromatic nitrogens is 6. The maximum absolute atomic E-state index is 9.55. The molecule has 0 atom stereocenters. The third-order valence-corrected chi connectivity index (χ3v) is 17.3. The molecule has 16 aromatic rings. The molecule has 0 radical (unpaired) electrons. The summed E-state index contributed by atoms with van der Waals surface area (Å²) < 4.78 is 0. The molecule has 426 valence electrons. The molecule has 0 aliphatic heterocycles. The standard InChI is InChI=1S/C84H50N8/c85-51-53-22-26-55(27-23-53)60-34-30-56-31-35-61(42-64(56)41-60)65-45-74-70(67-48-81(77-17-1-4-38-87-77)91-82(49-67)78-18-2-5-39-88-78)15-9-16-71(74)75(46-65)76-20-10-21-80(90-76)84-50-66(47-83(92-84)79-19-3-6-40-89-79)69-14-8-12-58-33-37-63(44-73(58)69)62-36-32-57-11-7-13-68(72(57)43-62)59-28-24-54(52-86)25-29-59/h1-50H. The zero-order valence-electron chi connectivity index (χ0n) is 49.4. The highest BCUT2D eigenvalue weighted by Crippen LogP contribution is 2.43. The summed E-state index contributed by atoms with van der Waals surface area (Å²) in [7, 11) is 0. The first kappa shape index (κ1) is 54.5. The van der Waals surface area contributed by atoms with Crippen LogP contribution in [0.2, 0.25) is 0 Å². The van der Waals surface area contributed by atoms with E-state index in [9.17, 15) is 10.5 Å². The fourth-order valence-electron chi connectivity index (χ4n) is 12.7. The van der Waals surface area contributed by atoms with Crippen LogP contribution in [0.3, 0.4) is 0 Å². The topological polar surface area (TPSA) is 125 Å². The molecule has 0 fully saturated rings. The molecule has 0 spiro atoms. The van der Waals surface area contributed by atoms with Crippen molar-refractivity contribution in [2.75, 3.05) is 0 Å². The van der Waals surface area contributed by atoms with Crippen molar-refractivity contribution in [1.29, 1.82) is 10.5 Å². The van der Waals surface area contributed by atoms with Crippen LogP contribution in [-0.2, 0) is 0 Å². The van der Waals surface area contributed by atoms with Crippen LogP contribution >= 0.6 is 0 Å². The average Bonchev–Trinajstić information content (AvgIpc) is 0.892. The smallest absolute Gasteiger partial charge is 0.0991 e.